The summed E-state index contributed by atoms with van der Waals surface area (Å²) >= 11 is 0. The molecular formula is C9H21NOS. The molecule has 12 heavy (non-hydrogen) atoms. The van der Waals surface area contributed by atoms with Gasteiger partial charge in [0.05, 0.1) is 0 Å². The summed E-state index contributed by atoms with van der Waals surface area (Å²) in [5.74, 6) is 0.750. The van der Waals surface area contributed by atoms with E-state index in [-0.39, 0.29) is 5.41 Å². The van der Waals surface area contributed by atoms with Crippen LogP contribution in [0.3, 0.4) is 0 Å². The SMILES string of the molecule is CC(NCCS(C)=O)C(C)(C)C. The molecule has 74 valence electrons. The smallest absolute Gasteiger partial charge is 0.0357 e. The van der Waals surface area contributed by atoms with Crippen LogP contribution in [-0.2, 0) is 10.8 Å². The molecule has 0 saturated carbocycles. The van der Waals surface area contributed by atoms with Crippen molar-refractivity contribution in [2.75, 3.05) is 18.6 Å². The largest absolute Gasteiger partial charge is 0.313 e. The molecule has 0 aromatic rings. The van der Waals surface area contributed by atoms with Crippen LogP contribution in [0.1, 0.15) is 27.7 Å². The summed E-state index contributed by atoms with van der Waals surface area (Å²) in [6.45, 7) is 9.62. The molecule has 0 fully saturated rings. The molecule has 0 aliphatic carbocycles. The lowest BCUT2D eigenvalue weighted by atomic mass is 9.88. The van der Waals surface area contributed by atoms with Gasteiger partial charge in [-0.2, -0.15) is 0 Å². The Balaban J connectivity index is 3.58. The first kappa shape index (κ1) is 12.1. The molecule has 0 heterocycles. The molecule has 0 amide bonds. The highest BCUT2D eigenvalue weighted by atomic mass is 32.2. The van der Waals surface area contributed by atoms with Gasteiger partial charge in [-0.1, -0.05) is 20.8 Å². The average molecular weight is 191 g/mol. The Morgan fingerprint density at radius 1 is 1.42 bits per heavy atom. The third kappa shape index (κ3) is 5.72. The van der Waals surface area contributed by atoms with Crippen LogP contribution in [0.5, 0.6) is 0 Å². The van der Waals surface area contributed by atoms with E-state index < -0.39 is 10.8 Å². The van der Waals surface area contributed by atoms with Crippen molar-refractivity contribution in [2.24, 2.45) is 5.41 Å². The van der Waals surface area contributed by atoms with Crippen LogP contribution in [0.15, 0.2) is 0 Å². The fourth-order valence-corrected chi connectivity index (χ4v) is 1.13. The first-order valence-electron chi connectivity index (χ1n) is 4.37. The van der Waals surface area contributed by atoms with Crippen molar-refractivity contribution < 1.29 is 4.21 Å². The van der Waals surface area contributed by atoms with Gasteiger partial charge in [0.1, 0.15) is 0 Å². The van der Waals surface area contributed by atoms with Gasteiger partial charge in [-0.15, -0.1) is 0 Å². The monoisotopic (exact) mass is 191 g/mol. The molecule has 0 aliphatic rings. The van der Waals surface area contributed by atoms with E-state index in [0.717, 1.165) is 12.3 Å². The summed E-state index contributed by atoms with van der Waals surface area (Å²) in [4.78, 5) is 0. The first-order valence-corrected chi connectivity index (χ1v) is 6.10. The molecule has 2 nitrogen and oxygen atoms in total. The van der Waals surface area contributed by atoms with Gasteiger partial charge in [-0.25, -0.2) is 0 Å². The van der Waals surface area contributed by atoms with Crippen LogP contribution >= 0.6 is 0 Å². The molecule has 0 aromatic carbocycles. The Bertz CT molecular complexity index is 151. The number of rotatable bonds is 4. The lowest BCUT2D eigenvalue weighted by Crippen LogP contribution is -2.39. The van der Waals surface area contributed by atoms with E-state index in [1.54, 1.807) is 6.26 Å². The zero-order chi connectivity index (χ0) is 9.78. The van der Waals surface area contributed by atoms with Gasteiger partial charge in [0.2, 0.25) is 0 Å². The quantitative estimate of drug-likeness (QED) is 0.727. The molecule has 0 radical (unpaired) electrons. The Morgan fingerprint density at radius 2 is 1.92 bits per heavy atom. The van der Waals surface area contributed by atoms with Crippen molar-refractivity contribution >= 4 is 10.8 Å². The second-order valence-corrected chi connectivity index (χ2v) is 5.87. The van der Waals surface area contributed by atoms with E-state index in [9.17, 15) is 4.21 Å². The normalized spacial score (nSPS) is 17.4. The molecule has 0 bridgehead atoms. The maximum absolute atomic E-state index is 10.7. The molecule has 0 rings (SSSR count). The predicted octanol–water partition coefficient (Wildman–Crippen LogP) is 1.39. The second-order valence-electron chi connectivity index (χ2n) is 4.32. The Hall–Kier alpha value is 0.110. The molecule has 3 heteroatoms. The summed E-state index contributed by atoms with van der Waals surface area (Å²) in [6.07, 6.45) is 1.74. The van der Waals surface area contributed by atoms with Crippen molar-refractivity contribution in [1.29, 1.82) is 0 Å². The average Bonchev–Trinajstić information content (AvgIpc) is 1.84. The van der Waals surface area contributed by atoms with Gasteiger partial charge in [0.25, 0.3) is 0 Å². The number of hydrogen-bond acceptors (Lipinski definition) is 2. The fourth-order valence-electron chi connectivity index (χ4n) is 0.725. The Kier molecular flexibility index (Phi) is 5.02. The maximum atomic E-state index is 10.7. The molecule has 2 atom stereocenters. The van der Waals surface area contributed by atoms with Gasteiger partial charge in [0, 0.05) is 35.4 Å². The minimum absolute atomic E-state index is 0.287. The number of hydrogen-bond donors (Lipinski definition) is 1. The second kappa shape index (κ2) is 4.97. The molecule has 1 N–H and O–H groups in total. The van der Waals surface area contributed by atoms with Crippen molar-refractivity contribution in [3.8, 4) is 0 Å². The minimum Gasteiger partial charge on any atom is -0.313 e. The fraction of sp³-hybridized carbons (Fsp3) is 1.00. The van der Waals surface area contributed by atoms with Crippen molar-refractivity contribution in [1.82, 2.24) is 5.32 Å². The van der Waals surface area contributed by atoms with E-state index in [0.29, 0.717) is 6.04 Å². The molecule has 0 saturated heterocycles. The van der Waals surface area contributed by atoms with Gasteiger partial charge >= 0.3 is 0 Å². The summed E-state index contributed by atoms with van der Waals surface area (Å²) < 4.78 is 10.7. The molecular weight excluding hydrogens is 170 g/mol. The summed E-state index contributed by atoms with van der Waals surface area (Å²) in [6, 6.07) is 0.473. The van der Waals surface area contributed by atoms with Gasteiger partial charge in [-0.3, -0.25) is 4.21 Å². The highest BCUT2D eigenvalue weighted by Crippen LogP contribution is 2.17. The molecule has 0 spiro atoms. The molecule has 0 aromatic heterocycles. The molecule has 2 unspecified atom stereocenters. The summed E-state index contributed by atoms with van der Waals surface area (Å²) in [5.41, 5.74) is 0.287. The highest BCUT2D eigenvalue weighted by molar-refractivity contribution is 7.84. The van der Waals surface area contributed by atoms with Gasteiger partial charge in [-0.05, 0) is 12.3 Å². The lowest BCUT2D eigenvalue weighted by Gasteiger charge is -2.28. The minimum atomic E-state index is -0.671. The zero-order valence-electron chi connectivity index (χ0n) is 8.81. The topological polar surface area (TPSA) is 29.1 Å². The number of nitrogens with one attached hydrogen (secondary N) is 1. The van der Waals surface area contributed by atoms with E-state index in [1.807, 2.05) is 0 Å². The molecule has 0 aliphatic heterocycles. The van der Waals surface area contributed by atoms with Crippen molar-refractivity contribution in [3.05, 3.63) is 0 Å². The van der Waals surface area contributed by atoms with E-state index in [4.69, 9.17) is 0 Å². The summed E-state index contributed by atoms with van der Waals surface area (Å²) in [7, 11) is -0.671. The van der Waals surface area contributed by atoms with Crippen LogP contribution in [0.2, 0.25) is 0 Å². The van der Waals surface area contributed by atoms with Crippen molar-refractivity contribution in [3.63, 3.8) is 0 Å². The zero-order valence-corrected chi connectivity index (χ0v) is 9.62. The third-order valence-corrected chi connectivity index (χ3v) is 2.92. The van der Waals surface area contributed by atoms with Crippen molar-refractivity contribution in [2.45, 2.75) is 33.7 Å². The van der Waals surface area contributed by atoms with Crippen LogP contribution in [0.4, 0.5) is 0 Å². The lowest BCUT2D eigenvalue weighted by molar-refractivity contribution is 0.291. The predicted molar refractivity (Wildman–Crippen MR) is 55.9 cm³/mol. The Labute approximate surface area is 78.6 Å². The van der Waals surface area contributed by atoms with Gasteiger partial charge < -0.3 is 5.32 Å². The van der Waals surface area contributed by atoms with E-state index >= 15 is 0 Å². The van der Waals surface area contributed by atoms with E-state index in [1.165, 1.54) is 0 Å². The van der Waals surface area contributed by atoms with Gasteiger partial charge in [0.15, 0.2) is 0 Å². The van der Waals surface area contributed by atoms with Crippen LogP contribution in [0.25, 0.3) is 0 Å². The summed E-state index contributed by atoms with van der Waals surface area (Å²) in [5, 5.41) is 3.36. The first-order chi connectivity index (χ1) is 5.34. The third-order valence-electron chi connectivity index (χ3n) is 2.14. The Morgan fingerprint density at radius 3 is 2.25 bits per heavy atom. The highest BCUT2D eigenvalue weighted by Gasteiger charge is 2.18. The van der Waals surface area contributed by atoms with E-state index in [2.05, 4.69) is 33.0 Å². The standard InChI is InChI=1S/C9H21NOS/c1-8(9(2,3)4)10-6-7-12(5)11/h8,10H,6-7H2,1-5H3. The van der Waals surface area contributed by atoms with Crippen LogP contribution in [0, 0.1) is 5.41 Å². The van der Waals surface area contributed by atoms with Crippen LogP contribution in [-0.4, -0.2) is 28.8 Å². The maximum Gasteiger partial charge on any atom is 0.0357 e. The van der Waals surface area contributed by atoms with Crippen LogP contribution < -0.4 is 5.32 Å².